The summed E-state index contributed by atoms with van der Waals surface area (Å²) in [4.78, 5) is 36.5. The van der Waals surface area contributed by atoms with Crippen molar-refractivity contribution in [2.45, 2.75) is 43.9 Å². The number of benzene rings is 1. The number of ether oxygens (including phenoxy) is 2. The zero-order valence-corrected chi connectivity index (χ0v) is 19.9. The van der Waals surface area contributed by atoms with Gasteiger partial charge in [0.1, 0.15) is 5.75 Å². The number of hydrogen-bond acceptors (Lipinski definition) is 9. The highest BCUT2D eigenvalue weighted by atomic mass is 31.2. The number of carbonyl (C=O) groups is 1. The molecule has 2 heterocycles. The Bertz CT molecular complexity index is 1170. The van der Waals surface area contributed by atoms with E-state index in [4.69, 9.17) is 18.5 Å². The molecule has 2 atom stereocenters. The van der Waals surface area contributed by atoms with Gasteiger partial charge in [0.2, 0.25) is 6.29 Å². The molecule has 2 aromatic rings. The van der Waals surface area contributed by atoms with Crippen molar-refractivity contribution in [2.75, 3.05) is 0 Å². The number of rotatable bonds is 5. The molecule has 0 bridgehead atoms. The van der Waals surface area contributed by atoms with Crippen LogP contribution in [0.5, 0.6) is 5.75 Å². The Balaban J connectivity index is 2.02. The van der Waals surface area contributed by atoms with E-state index in [0.29, 0.717) is 18.2 Å². The molecular formula is C19H20F3NO10P2. The van der Waals surface area contributed by atoms with Crippen molar-refractivity contribution in [3.8, 4) is 5.75 Å². The third-order valence-electron chi connectivity index (χ3n) is 4.67. The van der Waals surface area contributed by atoms with Crippen LogP contribution in [0.2, 0.25) is 0 Å². The first-order chi connectivity index (χ1) is 16.1. The molecule has 3 N–H and O–H groups in total. The lowest BCUT2D eigenvalue weighted by Crippen LogP contribution is -2.38. The Hall–Kier alpha value is -2.31. The first-order valence-electron chi connectivity index (χ1n) is 9.79. The van der Waals surface area contributed by atoms with Gasteiger partial charge in [-0.15, -0.1) is 0 Å². The van der Waals surface area contributed by atoms with Gasteiger partial charge < -0.3 is 24.4 Å². The van der Waals surface area contributed by atoms with E-state index in [9.17, 15) is 42.0 Å². The van der Waals surface area contributed by atoms with Crippen molar-refractivity contribution in [1.82, 2.24) is 4.98 Å². The average Bonchev–Trinajstić information content (AvgIpc) is 2.71. The molecule has 1 aromatic carbocycles. The Labute approximate surface area is 196 Å². The summed E-state index contributed by atoms with van der Waals surface area (Å²) in [5.74, 6) is -0.881. The van der Waals surface area contributed by atoms with Gasteiger partial charge in [0.05, 0.1) is 17.2 Å². The first-order valence-corrected chi connectivity index (χ1v) is 12.9. The SMILES string of the molecule is CC(C)OC(=O)Oc1cc(C(F)(F)F)ccc1C1OP(=O)(O)C(O)(Cc2cccnc2)P(=O)(O)O1. The standard InChI is InChI=1S/C19H20F3NO10P2/c1-11(2)30-17(24)31-15-8-13(19(20,21)22)5-6-14(15)16-32-34(26,27)18(25,35(28,29)33-16)9-12-4-3-7-23-10-12/h3-8,10-11,16,25H,9H2,1-2H3,(H,26,27)(H,28,29). The lowest BCUT2D eigenvalue weighted by atomic mass is 10.1. The number of pyridine rings is 1. The molecule has 35 heavy (non-hydrogen) atoms. The molecule has 16 heteroatoms. The maximum Gasteiger partial charge on any atom is 0.514 e. The van der Waals surface area contributed by atoms with Crippen LogP contribution in [0.15, 0.2) is 42.7 Å². The van der Waals surface area contributed by atoms with Crippen molar-refractivity contribution in [2.24, 2.45) is 0 Å². The smallest absolute Gasteiger partial charge is 0.431 e. The molecule has 1 aliphatic heterocycles. The highest BCUT2D eigenvalue weighted by molar-refractivity contribution is 7.73. The van der Waals surface area contributed by atoms with E-state index in [1.807, 2.05) is 0 Å². The number of hydrogen-bond donors (Lipinski definition) is 3. The normalized spacial score (nSPS) is 29.1. The Morgan fingerprint density at radius 3 is 2.34 bits per heavy atom. The Kier molecular flexibility index (Phi) is 7.50. The molecule has 2 unspecified atom stereocenters. The van der Waals surface area contributed by atoms with Gasteiger partial charge in [0, 0.05) is 18.8 Å². The summed E-state index contributed by atoms with van der Waals surface area (Å²) in [5, 5.41) is 7.42. The Morgan fingerprint density at radius 1 is 1.20 bits per heavy atom. The van der Waals surface area contributed by atoms with Gasteiger partial charge in [0.15, 0.2) is 0 Å². The van der Waals surface area contributed by atoms with Crippen LogP contribution in [-0.4, -0.2) is 37.2 Å². The second-order valence-corrected chi connectivity index (χ2v) is 12.0. The minimum atomic E-state index is -5.44. The molecule has 0 aliphatic carbocycles. The van der Waals surface area contributed by atoms with Gasteiger partial charge >= 0.3 is 27.5 Å². The molecule has 3 rings (SSSR count). The zero-order valence-electron chi connectivity index (χ0n) is 18.1. The summed E-state index contributed by atoms with van der Waals surface area (Å²) in [6, 6.07) is 4.27. The third kappa shape index (κ3) is 5.75. The van der Waals surface area contributed by atoms with E-state index in [2.05, 4.69) is 4.98 Å². The van der Waals surface area contributed by atoms with Crippen molar-refractivity contribution < 1.29 is 60.5 Å². The van der Waals surface area contributed by atoms with Gasteiger partial charge in [-0.2, -0.15) is 13.2 Å². The predicted molar refractivity (Wildman–Crippen MR) is 111 cm³/mol. The van der Waals surface area contributed by atoms with E-state index in [0.717, 1.165) is 6.20 Å². The quantitative estimate of drug-likeness (QED) is 0.281. The predicted octanol–water partition coefficient (Wildman–Crippen LogP) is 4.33. The fourth-order valence-electron chi connectivity index (χ4n) is 3.00. The molecule has 0 radical (unpaired) electrons. The van der Waals surface area contributed by atoms with E-state index in [-0.39, 0.29) is 5.56 Å². The molecule has 1 aliphatic rings. The maximum atomic E-state index is 13.2. The molecule has 0 spiro atoms. The highest BCUT2D eigenvalue weighted by Gasteiger charge is 2.67. The Morgan fingerprint density at radius 2 is 1.83 bits per heavy atom. The van der Waals surface area contributed by atoms with Gasteiger partial charge in [-0.3, -0.25) is 23.2 Å². The third-order valence-corrected chi connectivity index (χ3v) is 9.26. The summed E-state index contributed by atoms with van der Waals surface area (Å²) in [6.45, 7) is 2.88. The summed E-state index contributed by atoms with van der Waals surface area (Å²) in [6.07, 6.45) is -7.67. The molecule has 0 saturated carbocycles. The fraction of sp³-hybridized carbons (Fsp3) is 0.368. The van der Waals surface area contributed by atoms with Gasteiger partial charge in [0.25, 0.3) is 5.08 Å². The van der Waals surface area contributed by atoms with E-state index >= 15 is 0 Å². The van der Waals surface area contributed by atoms with Crippen molar-refractivity contribution in [1.29, 1.82) is 0 Å². The van der Waals surface area contributed by atoms with Crippen LogP contribution in [0.25, 0.3) is 0 Å². The second kappa shape index (κ2) is 9.62. The molecule has 0 amide bonds. The molecular weight excluding hydrogens is 521 g/mol. The molecule has 11 nitrogen and oxygen atoms in total. The van der Waals surface area contributed by atoms with Crippen LogP contribution in [0, 0.1) is 0 Å². The lowest BCUT2D eigenvalue weighted by Gasteiger charge is -2.41. The van der Waals surface area contributed by atoms with Crippen LogP contribution in [0.4, 0.5) is 18.0 Å². The van der Waals surface area contributed by atoms with Crippen LogP contribution in [0.1, 0.15) is 36.8 Å². The largest absolute Gasteiger partial charge is 0.514 e. The maximum absolute atomic E-state index is 13.2. The summed E-state index contributed by atoms with van der Waals surface area (Å²) in [7, 11) is -10.9. The topological polar surface area (TPSA) is 162 Å². The lowest BCUT2D eigenvalue weighted by molar-refractivity contribution is -0.137. The number of halogens is 3. The summed E-state index contributed by atoms with van der Waals surface area (Å²) < 4.78 is 84.8. The van der Waals surface area contributed by atoms with Crippen molar-refractivity contribution >= 4 is 21.3 Å². The summed E-state index contributed by atoms with van der Waals surface area (Å²) in [5.41, 5.74) is -1.82. The number of alkyl halides is 3. The van der Waals surface area contributed by atoms with E-state index in [1.165, 1.54) is 32.2 Å². The number of carbonyl (C=O) groups excluding carboxylic acids is 1. The highest BCUT2D eigenvalue weighted by Crippen LogP contribution is 2.79. The number of aliphatic hydroxyl groups is 1. The average molecular weight is 541 g/mol. The molecule has 192 valence electrons. The summed E-state index contributed by atoms with van der Waals surface area (Å²) >= 11 is 0. The van der Waals surface area contributed by atoms with Crippen LogP contribution in [0.3, 0.4) is 0 Å². The fourth-order valence-corrected chi connectivity index (χ4v) is 6.56. The number of nitrogens with zero attached hydrogens (tertiary/aromatic N) is 1. The minimum Gasteiger partial charge on any atom is -0.431 e. The van der Waals surface area contributed by atoms with Gasteiger partial charge in [-0.05, 0) is 43.7 Å². The van der Waals surface area contributed by atoms with E-state index in [1.54, 1.807) is 0 Å². The van der Waals surface area contributed by atoms with E-state index < -0.39 is 68.3 Å². The number of aromatic nitrogens is 1. The van der Waals surface area contributed by atoms with Crippen LogP contribution < -0.4 is 4.74 Å². The van der Waals surface area contributed by atoms with Crippen LogP contribution >= 0.6 is 15.2 Å². The van der Waals surface area contributed by atoms with Crippen molar-refractivity contribution in [3.63, 3.8) is 0 Å². The molecule has 1 saturated heterocycles. The first kappa shape index (κ1) is 27.3. The monoisotopic (exact) mass is 541 g/mol. The minimum absolute atomic E-state index is 0.0826. The van der Waals surface area contributed by atoms with Gasteiger partial charge in [-0.1, -0.05) is 6.07 Å². The van der Waals surface area contributed by atoms with Crippen LogP contribution in [-0.2, 0) is 35.5 Å². The molecule has 1 fully saturated rings. The molecule has 1 aromatic heterocycles. The van der Waals surface area contributed by atoms with Gasteiger partial charge in [-0.25, -0.2) is 4.79 Å². The van der Waals surface area contributed by atoms with Crippen molar-refractivity contribution in [3.05, 3.63) is 59.4 Å². The second-order valence-electron chi connectivity index (χ2n) is 7.66. The zero-order chi connectivity index (χ0) is 26.2.